The molecule has 2 nitrogen and oxygen atoms in total. The highest BCUT2D eigenvalue weighted by Gasteiger charge is 2.47. The lowest BCUT2D eigenvalue weighted by molar-refractivity contribution is -0.138. The first kappa shape index (κ1) is 12.2. The summed E-state index contributed by atoms with van der Waals surface area (Å²) in [6, 6.07) is 4.12. The molecule has 0 unspecified atom stereocenters. The number of ether oxygens (including phenoxy) is 1. The first-order valence-corrected chi connectivity index (χ1v) is 5.39. The van der Waals surface area contributed by atoms with Crippen LogP contribution in [0.4, 0.5) is 13.2 Å². The molecule has 1 aliphatic carbocycles. The Kier molecular flexibility index (Phi) is 2.81. The van der Waals surface area contributed by atoms with Gasteiger partial charge in [0.25, 0.3) is 0 Å². The molecule has 0 spiro atoms. The number of hydrogen-bond donors (Lipinski definition) is 1. The SMILES string of the molecule is COc1c(C(F)(F)F)cccc1C1(CN)CC1. The molecule has 0 amide bonds. The van der Waals surface area contributed by atoms with Crippen LogP contribution < -0.4 is 10.5 Å². The minimum absolute atomic E-state index is 0.0806. The van der Waals surface area contributed by atoms with Gasteiger partial charge in [0.2, 0.25) is 0 Å². The second-order valence-corrected chi connectivity index (χ2v) is 4.37. The van der Waals surface area contributed by atoms with Crippen LogP contribution in [-0.2, 0) is 11.6 Å². The fraction of sp³-hybridized carbons (Fsp3) is 0.500. The van der Waals surface area contributed by atoms with Gasteiger partial charge in [-0.1, -0.05) is 12.1 Å². The molecule has 1 aliphatic rings. The first-order valence-electron chi connectivity index (χ1n) is 5.39. The lowest BCUT2D eigenvalue weighted by atomic mass is 9.93. The summed E-state index contributed by atoms with van der Waals surface area (Å²) in [6.45, 7) is 0.352. The maximum absolute atomic E-state index is 12.8. The molecule has 17 heavy (non-hydrogen) atoms. The van der Waals surface area contributed by atoms with Gasteiger partial charge in [-0.25, -0.2) is 0 Å². The van der Waals surface area contributed by atoms with E-state index in [4.69, 9.17) is 10.5 Å². The van der Waals surface area contributed by atoms with Crippen molar-refractivity contribution >= 4 is 0 Å². The van der Waals surface area contributed by atoms with Crippen LogP contribution in [-0.4, -0.2) is 13.7 Å². The van der Waals surface area contributed by atoms with Crippen molar-refractivity contribution in [2.45, 2.75) is 24.4 Å². The van der Waals surface area contributed by atoms with Gasteiger partial charge in [0.05, 0.1) is 12.7 Å². The number of benzene rings is 1. The number of rotatable bonds is 3. The Balaban J connectivity index is 2.55. The Hall–Kier alpha value is -1.23. The predicted molar refractivity (Wildman–Crippen MR) is 58.0 cm³/mol. The van der Waals surface area contributed by atoms with Crippen molar-refractivity contribution in [3.8, 4) is 5.75 Å². The van der Waals surface area contributed by atoms with E-state index in [1.165, 1.54) is 13.2 Å². The second-order valence-electron chi connectivity index (χ2n) is 4.37. The molecule has 0 aromatic heterocycles. The van der Waals surface area contributed by atoms with Gasteiger partial charge in [-0.2, -0.15) is 13.2 Å². The van der Waals surface area contributed by atoms with E-state index >= 15 is 0 Å². The first-order chi connectivity index (χ1) is 7.94. The van der Waals surface area contributed by atoms with Gasteiger partial charge in [0.1, 0.15) is 5.75 Å². The van der Waals surface area contributed by atoms with Gasteiger partial charge in [-0.05, 0) is 18.9 Å². The maximum atomic E-state index is 12.8. The zero-order valence-corrected chi connectivity index (χ0v) is 9.47. The van der Waals surface area contributed by atoms with E-state index in [2.05, 4.69) is 0 Å². The van der Waals surface area contributed by atoms with E-state index in [-0.39, 0.29) is 11.2 Å². The van der Waals surface area contributed by atoms with Crippen LogP contribution in [0, 0.1) is 0 Å². The monoisotopic (exact) mass is 245 g/mol. The second kappa shape index (κ2) is 3.91. The van der Waals surface area contributed by atoms with Crippen molar-refractivity contribution in [1.29, 1.82) is 0 Å². The fourth-order valence-corrected chi connectivity index (χ4v) is 2.13. The highest BCUT2D eigenvalue weighted by atomic mass is 19.4. The smallest absolute Gasteiger partial charge is 0.419 e. The molecular weight excluding hydrogens is 231 g/mol. The third-order valence-electron chi connectivity index (χ3n) is 3.34. The molecule has 94 valence electrons. The number of para-hydroxylation sites is 1. The van der Waals surface area contributed by atoms with E-state index in [9.17, 15) is 13.2 Å². The molecule has 0 bridgehead atoms. The summed E-state index contributed by atoms with van der Waals surface area (Å²) in [5.41, 5.74) is 5.19. The highest BCUT2D eigenvalue weighted by Crippen LogP contribution is 2.52. The van der Waals surface area contributed by atoms with Gasteiger partial charge in [-0.3, -0.25) is 0 Å². The van der Waals surface area contributed by atoms with Crippen LogP contribution in [0.15, 0.2) is 18.2 Å². The minimum Gasteiger partial charge on any atom is -0.496 e. The average molecular weight is 245 g/mol. The van der Waals surface area contributed by atoms with Gasteiger partial charge in [-0.15, -0.1) is 0 Å². The molecule has 5 heteroatoms. The van der Waals surface area contributed by atoms with Crippen molar-refractivity contribution in [2.24, 2.45) is 5.73 Å². The van der Waals surface area contributed by atoms with E-state index in [1.54, 1.807) is 6.07 Å². The molecule has 1 aromatic carbocycles. The Morgan fingerprint density at radius 3 is 2.41 bits per heavy atom. The summed E-state index contributed by atoms with van der Waals surface area (Å²) in [5, 5.41) is 0. The molecule has 2 rings (SSSR count). The highest BCUT2D eigenvalue weighted by molar-refractivity contribution is 5.49. The summed E-state index contributed by atoms with van der Waals surface area (Å²) in [7, 11) is 1.26. The van der Waals surface area contributed by atoms with Crippen molar-refractivity contribution in [3.05, 3.63) is 29.3 Å². The number of hydrogen-bond acceptors (Lipinski definition) is 2. The van der Waals surface area contributed by atoms with Gasteiger partial charge >= 0.3 is 6.18 Å². The topological polar surface area (TPSA) is 35.2 Å². The van der Waals surface area contributed by atoms with E-state index in [1.807, 2.05) is 0 Å². The third kappa shape index (κ3) is 1.99. The minimum atomic E-state index is -4.40. The summed E-state index contributed by atoms with van der Waals surface area (Å²) >= 11 is 0. The molecule has 0 aliphatic heterocycles. The molecule has 0 atom stereocenters. The lowest BCUT2D eigenvalue weighted by Gasteiger charge is -2.20. The Morgan fingerprint density at radius 2 is 2.00 bits per heavy atom. The zero-order valence-electron chi connectivity index (χ0n) is 9.47. The van der Waals surface area contributed by atoms with E-state index < -0.39 is 11.7 Å². The third-order valence-corrected chi connectivity index (χ3v) is 3.34. The summed E-state index contributed by atoms with van der Waals surface area (Å²) in [5.74, 6) is -0.0806. The van der Waals surface area contributed by atoms with Gasteiger partial charge < -0.3 is 10.5 Å². The quantitative estimate of drug-likeness (QED) is 0.888. The summed E-state index contributed by atoms with van der Waals surface area (Å²) < 4.78 is 43.4. The molecule has 1 saturated carbocycles. The van der Waals surface area contributed by atoms with Gasteiger partial charge in [0.15, 0.2) is 0 Å². The summed E-state index contributed by atoms with van der Waals surface area (Å²) in [6.07, 6.45) is -2.76. The van der Waals surface area contributed by atoms with Crippen LogP contribution in [0.5, 0.6) is 5.75 Å². The van der Waals surface area contributed by atoms with E-state index in [0.29, 0.717) is 12.1 Å². The molecule has 1 fully saturated rings. The summed E-state index contributed by atoms with van der Waals surface area (Å²) in [4.78, 5) is 0. The number of nitrogens with two attached hydrogens (primary N) is 1. The van der Waals surface area contributed by atoms with Crippen molar-refractivity contribution in [3.63, 3.8) is 0 Å². The predicted octanol–water partition coefficient (Wildman–Crippen LogP) is 2.70. The molecule has 2 N–H and O–H groups in total. The Bertz CT molecular complexity index is 424. The zero-order chi connectivity index (χ0) is 12.7. The average Bonchev–Trinajstić information content (AvgIpc) is 3.07. The molecule has 0 radical (unpaired) electrons. The molecular formula is C12H14F3NO. The molecule has 1 aromatic rings. The van der Waals surface area contributed by atoms with Gasteiger partial charge in [0, 0.05) is 17.5 Å². The van der Waals surface area contributed by atoms with Crippen molar-refractivity contribution in [1.82, 2.24) is 0 Å². The maximum Gasteiger partial charge on any atom is 0.419 e. The van der Waals surface area contributed by atoms with Crippen LogP contribution in [0.2, 0.25) is 0 Å². The standard InChI is InChI=1S/C12H14F3NO/c1-17-10-8(11(7-16)5-6-11)3-2-4-9(10)12(13,14)15/h2-4H,5-7,16H2,1H3. The number of alkyl halides is 3. The van der Waals surface area contributed by atoms with E-state index in [0.717, 1.165) is 18.9 Å². The number of halogens is 3. The van der Waals surface area contributed by atoms with Crippen molar-refractivity contribution < 1.29 is 17.9 Å². The Morgan fingerprint density at radius 1 is 1.35 bits per heavy atom. The van der Waals surface area contributed by atoms with Crippen LogP contribution in [0.1, 0.15) is 24.0 Å². The molecule has 0 heterocycles. The van der Waals surface area contributed by atoms with Crippen LogP contribution in [0.25, 0.3) is 0 Å². The van der Waals surface area contributed by atoms with Crippen LogP contribution in [0.3, 0.4) is 0 Å². The fourth-order valence-electron chi connectivity index (χ4n) is 2.13. The van der Waals surface area contributed by atoms with Crippen LogP contribution >= 0.6 is 0 Å². The largest absolute Gasteiger partial charge is 0.496 e. The normalized spacial score (nSPS) is 17.9. The van der Waals surface area contributed by atoms with Crippen molar-refractivity contribution in [2.75, 3.05) is 13.7 Å². The Labute approximate surface area is 97.6 Å². The number of methoxy groups -OCH3 is 1. The molecule has 0 saturated heterocycles. The lowest BCUT2D eigenvalue weighted by Crippen LogP contribution is -2.22.